The van der Waals surface area contributed by atoms with E-state index in [1.165, 1.54) is 24.3 Å². The predicted molar refractivity (Wildman–Crippen MR) is 86.1 cm³/mol. The molecular formula is C18H22F2O6. The maximum absolute atomic E-state index is 12.2. The third-order valence-corrected chi connectivity index (χ3v) is 4.37. The van der Waals surface area contributed by atoms with Gasteiger partial charge in [-0.05, 0) is 49.9 Å². The van der Waals surface area contributed by atoms with Gasteiger partial charge in [0.25, 0.3) is 0 Å². The van der Waals surface area contributed by atoms with Gasteiger partial charge in [-0.25, -0.2) is 0 Å². The molecule has 1 heterocycles. The van der Waals surface area contributed by atoms with Gasteiger partial charge in [-0.15, -0.1) is 0 Å². The van der Waals surface area contributed by atoms with E-state index >= 15 is 0 Å². The molecule has 1 aliphatic carbocycles. The van der Waals surface area contributed by atoms with Crippen molar-refractivity contribution < 1.29 is 37.3 Å². The summed E-state index contributed by atoms with van der Waals surface area (Å²) in [5.41, 5.74) is 0. The van der Waals surface area contributed by atoms with Gasteiger partial charge in [0, 0.05) is 0 Å². The molecule has 2 fully saturated rings. The van der Waals surface area contributed by atoms with Crippen LogP contribution in [0.5, 0.6) is 11.5 Å². The lowest BCUT2D eigenvalue weighted by Gasteiger charge is -2.27. The molecule has 1 saturated heterocycles. The minimum absolute atomic E-state index is 0.0212. The molecule has 0 aromatic heterocycles. The largest absolute Gasteiger partial charge is 0.435 e. The van der Waals surface area contributed by atoms with Crippen LogP contribution in [0.15, 0.2) is 24.3 Å². The fourth-order valence-corrected chi connectivity index (χ4v) is 2.84. The van der Waals surface area contributed by atoms with Gasteiger partial charge >= 0.3 is 12.6 Å². The van der Waals surface area contributed by atoms with E-state index in [0.29, 0.717) is 25.2 Å². The Bertz CT molecular complexity index is 568. The van der Waals surface area contributed by atoms with E-state index in [4.69, 9.17) is 18.9 Å². The third kappa shape index (κ3) is 6.19. The van der Waals surface area contributed by atoms with Gasteiger partial charge in [-0.2, -0.15) is 8.78 Å². The quantitative estimate of drug-likeness (QED) is 0.218. The zero-order chi connectivity index (χ0) is 18.4. The fourth-order valence-electron chi connectivity index (χ4n) is 2.84. The van der Waals surface area contributed by atoms with Crippen LogP contribution in [0.4, 0.5) is 8.78 Å². The van der Waals surface area contributed by atoms with Gasteiger partial charge in [0.05, 0.1) is 25.2 Å². The molecule has 26 heavy (non-hydrogen) atoms. The zero-order valence-electron chi connectivity index (χ0n) is 14.3. The summed E-state index contributed by atoms with van der Waals surface area (Å²) >= 11 is 0. The fraction of sp³-hybridized carbons (Fsp3) is 0.611. The smallest absolute Gasteiger partial charge is 0.387 e. The lowest BCUT2D eigenvalue weighted by Crippen LogP contribution is -2.29. The Kier molecular flexibility index (Phi) is 6.76. The van der Waals surface area contributed by atoms with Crippen molar-refractivity contribution in [2.24, 2.45) is 5.92 Å². The normalized spacial score (nSPS) is 25.1. The van der Waals surface area contributed by atoms with Gasteiger partial charge in [0.2, 0.25) is 0 Å². The van der Waals surface area contributed by atoms with E-state index in [1.807, 2.05) is 0 Å². The summed E-state index contributed by atoms with van der Waals surface area (Å²) in [6.45, 7) is -1.32. The number of ether oxygens (including phenoxy) is 5. The predicted octanol–water partition coefficient (Wildman–Crippen LogP) is 3.14. The number of epoxide rings is 1. The van der Waals surface area contributed by atoms with Gasteiger partial charge in [0.15, 0.2) is 0 Å². The Labute approximate surface area is 150 Å². The van der Waals surface area contributed by atoms with Crippen LogP contribution < -0.4 is 9.47 Å². The average molecular weight is 372 g/mol. The monoisotopic (exact) mass is 372 g/mol. The van der Waals surface area contributed by atoms with Crippen molar-refractivity contribution in [2.45, 2.75) is 44.5 Å². The van der Waals surface area contributed by atoms with Crippen LogP contribution in [0.3, 0.4) is 0 Å². The molecule has 0 spiro atoms. The highest BCUT2D eigenvalue weighted by molar-refractivity contribution is 5.75. The lowest BCUT2D eigenvalue weighted by atomic mass is 9.87. The summed E-state index contributed by atoms with van der Waals surface area (Å²) < 4.78 is 49.8. The molecule has 1 aliphatic heterocycles. The van der Waals surface area contributed by atoms with E-state index in [-0.39, 0.29) is 36.6 Å². The summed E-state index contributed by atoms with van der Waals surface area (Å²) in [6, 6.07) is 5.55. The number of rotatable bonds is 9. The highest BCUT2D eigenvalue weighted by Gasteiger charge is 2.28. The standard InChI is InChI=1S/C18H22F2O6/c19-18(20)26-15-7-5-14(6-8-15)25-17(21)12-1-3-13(4-2-12)24-11-22-9-16-10-23-16/h5-8,12-13,16,18H,1-4,9-11H2. The maximum Gasteiger partial charge on any atom is 0.387 e. The first-order chi connectivity index (χ1) is 12.6. The van der Waals surface area contributed by atoms with Gasteiger partial charge in [-0.1, -0.05) is 0 Å². The first kappa shape index (κ1) is 19.0. The van der Waals surface area contributed by atoms with Crippen molar-refractivity contribution in [2.75, 3.05) is 20.0 Å². The number of carbonyl (C=O) groups excluding carboxylic acids is 1. The maximum atomic E-state index is 12.2. The Morgan fingerprint density at radius 3 is 2.38 bits per heavy atom. The second-order valence-electron chi connectivity index (χ2n) is 6.36. The van der Waals surface area contributed by atoms with Crippen molar-refractivity contribution in [3.05, 3.63) is 24.3 Å². The second-order valence-corrected chi connectivity index (χ2v) is 6.36. The number of hydrogen-bond donors (Lipinski definition) is 0. The summed E-state index contributed by atoms with van der Waals surface area (Å²) in [4.78, 5) is 12.2. The molecular weight excluding hydrogens is 350 g/mol. The molecule has 1 saturated carbocycles. The molecule has 8 heteroatoms. The Morgan fingerprint density at radius 1 is 1.12 bits per heavy atom. The Balaban J connectivity index is 1.35. The molecule has 0 radical (unpaired) electrons. The molecule has 144 valence electrons. The molecule has 0 N–H and O–H groups in total. The van der Waals surface area contributed by atoms with Crippen LogP contribution >= 0.6 is 0 Å². The van der Waals surface area contributed by atoms with E-state index in [1.54, 1.807) is 0 Å². The van der Waals surface area contributed by atoms with Crippen molar-refractivity contribution in [3.63, 3.8) is 0 Å². The average Bonchev–Trinajstić information content (AvgIpc) is 3.45. The summed E-state index contributed by atoms with van der Waals surface area (Å²) in [6.07, 6.45) is 3.21. The van der Waals surface area contributed by atoms with Crippen LogP contribution in [-0.4, -0.2) is 44.8 Å². The summed E-state index contributed by atoms with van der Waals surface area (Å²) in [5, 5.41) is 0. The molecule has 3 rings (SSSR count). The Hall–Kier alpha value is -1.77. The first-order valence-corrected chi connectivity index (χ1v) is 8.67. The molecule has 1 aromatic rings. The van der Waals surface area contributed by atoms with E-state index in [0.717, 1.165) is 19.4 Å². The number of hydrogen-bond acceptors (Lipinski definition) is 6. The van der Waals surface area contributed by atoms with Crippen molar-refractivity contribution in [1.82, 2.24) is 0 Å². The number of halogens is 2. The number of alkyl halides is 2. The van der Waals surface area contributed by atoms with Crippen molar-refractivity contribution >= 4 is 5.97 Å². The van der Waals surface area contributed by atoms with Crippen LogP contribution in [0, 0.1) is 5.92 Å². The van der Waals surface area contributed by atoms with Gasteiger partial charge in [0.1, 0.15) is 24.4 Å². The Morgan fingerprint density at radius 2 is 1.77 bits per heavy atom. The summed E-state index contributed by atoms with van der Waals surface area (Å²) in [5.74, 6) is -0.167. The van der Waals surface area contributed by atoms with E-state index < -0.39 is 6.61 Å². The first-order valence-electron chi connectivity index (χ1n) is 8.67. The minimum Gasteiger partial charge on any atom is -0.435 e. The van der Waals surface area contributed by atoms with Gasteiger partial charge in [-0.3, -0.25) is 4.79 Å². The molecule has 1 atom stereocenters. The zero-order valence-corrected chi connectivity index (χ0v) is 14.3. The molecule has 0 amide bonds. The molecule has 0 bridgehead atoms. The van der Waals surface area contributed by atoms with Crippen molar-refractivity contribution in [3.8, 4) is 11.5 Å². The minimum atomic E-state index is -2.88. The third-order valence-electron chi connectivity index (χ3n) is 4.37. The number of benzene rings is 1. The van der Waals surface area contributed by atoms with E-state index in [9.17, 15) is 13.6 Å². The highest BCUT2D eigenvalue weighted by atomic mass is 19.3. The van der Waals surface area contributed by atoms with E-state index in [2.05, 4.69) is 4.74 Å². The summed E-state index contributed by atoms with van der Waals surface area (Å²) in [7, 11) is 0. The highest BCUT2D eigenvalue weighted by Crippen LogP contribution is 2.28. The molecule has 1 unspecified atom stereocenters. The van der Waals surface area contributed by atoms with Crippen LogP contribution in [0.25, 0.3) is 0 Å². The molecule has 6 nitrogen and oxygen atoms in total. The number of carbonyl (C=O) groups is 1. The SMILES string of the molecule is O=C(Oc1ccc(OC(F)F)cc1)C1CCC(OCOCC2CO2)CC1. The number of esters is 1. The van der Waals surface area contributed by atoms with Crippen LogP contribution in [0.1, 0.15) is 25.7 Å². The second kappa shape index (κ2) is 9.25. The van der Waals surface area contributed by atoms with Gasteiger partial charge < -0.3 is 23.7 Å². The van der Waals surface area contributed by atoms with Crippen LogP contribution in [0.2, 0.25) is 0 Å². The topological polar surface area (TPSA) is 66.5 Å². The molecule has 2 aliphatic rings. The van der Waals surface area contributed by atoms with Crippen LogP contribution in [-0.2, 0) is 19.0 Å². The lowest BCUT2D eigenvalue weighted by molar-refractivity contribution is -0.143. The van der Waals surface area contributed by atoms with Crippen molar-refractivity contribution in [1.29, 1.82) is 0 Å². The molecule has 1 aromatic carbocycles.